The minimum absolute atomic E-state index is 0.0737. The van der Waals surface area contributed by atoms with E-state index in [0.29, 0.717) is 6.54 Å². The van der Waals surface area contributed by atoms with Gasteiger partial charge in [-0.25, -0.2) is 9.78 Å². The van der Waals surface area contributed by atoms with Gasteiger partial charge in [-0.15, -0.1) is 11.3 Å². The van der Waals surface area contributed by atoms with Gasteiger partial charge >= 0.3 is 6.03 Å². The van der Waals surface area contributed by atoms with Crippen molar-refractivity contribution in [2.45, 2.75) is 13.0 Å². The lowest BCUT2D eigenvalue weighted by Crippen LogP contribution is -2.21. The molecule has 3 rings (SSSR count). The third kappa shape index (κ3) is 2.09. The number of hydrogen-bond acceptors (Lipinski definition) is 3. The lowest BCUT2D eigenvalue weighted by Gasteiger charge is -2.09. The number of benzene rings is 1. The summed E-state index contributed by atoms with van der Waals surface area (Å²) in [6, 6.07) is 8.17. The molecule has 1 unspecified atom stereocenters. The van der Waals surface area contributed by atoms with Crippen LogP contribution in [-0.4, -0.2) is 17.6 Å². The molecule has 1 aromatic heterocycles. The quantitative estimate of drug-likeness (QED) is 0.870. The Morgan fingerprint density at radius 2 is 2.11 bits per heavy atom. The third-order valence-electron chi connectivity index (χ3n) is 2.95. The van der Waals surface area contributed by atoms with Crippen LogP contribution in [0, 0.1) is 6.92 Å². The molecular weight excluding hydrogens is 246 g/mol. The van der Waals surface area contributed by atoms with Crippen LogP contribution >= 0.6 is 11.3 Å². The van der Waals surface area contributed by atoms with E-state index in [2.05, 4.69) is 27.8 Å². The first kappa shape index (κ1) is 11.2. The van der Waals surface area contributed by atoms with E-state index in [9.17, 15) is 4.79 Å². The maximum Gasteiger partial charge on any atom is 0.315 e. The van der Waals surface area contributed by atoms with Gasteiger partial charge in [-0.1, -0.05) is 24.3 Å². The van der Waals surface area contributed by atoms with E-state index in [1.54, 1.807) is 11.3 Å². The van der Waals surface area contributed by atoms with E-state index in [1.807, 2.05) is 24.4 Å². The second-order valence-electron chi connectivity index (χ2n) is 4.32. The van der Waals surface area contributed by atoms with E-state index in [-0.39, 0.29) is 12.1 Å². The average Bonchev–Trinajstić information content (AvgIpc) is 2.98. The molecule has 1 atom stereocenters. The van der Waals surface area contributed by atoms with Crippen molar-refractivity contribution in [2.24, 2.45) is 0 Å². The van der Waals surface area contributed by atoms with Crippen LogP contribution in [0.3, 0.4) is 0 Å². The average molecular weight is 259 g/mol. The van der Waals surface area contributed by atoms with Crippen LogP contribution in [0.15, 0.2) is 29.6 Å². The number of rotatable bonds is 2. The lowest BCUT2D eigenvalue weighted by atomic mass is 10.1. The van der Waals surface area contributed by atoms with Crippen LogP contribution in [0.4, 0.5) is 4.79 Å². The number of carbonyl (C=O) groups is 1. The van der Waals surface area contributed by atoms with Gasteiger partial charge in [0.1, 0.15) is 5.01 Å². The summed E-state index contributed by atoms with van der Waals surface area (Å²) < 4.78 is 0. The Hall–Kier alpha value is -1.88. The van der Waals surface area contributed by atoms with Gasteiger partial charge in [0.25, 0.3) is 0 Å². The van der Waals surface area contributed by atoms with Gasteiger partial charge in [0.15, 0.2) is 0 Å². The largest absolute Gasteiger partial charge is 0.336 e. The van der Waals surface area contributed by atoms with Gasteiger partial charge < -0.3 is 10.6 Å². The number of urea groups is 1. The van der Waals surface area contributed by atoms with Crippen LogP contribution in [-0.2, 0) is 0 Å². The number of nitrogens with zero attached hydrogens (tertiary/aromatic N) is 1. The first-order chi connectivity index (χ1) is 8.72. The Morgan fingerprint density at radius 3 is 2.67 bits per heavy atom. The molecule has 1 aliphatic rings. The third-order valence-corrected chi connectivity index (χ3v) is 3.96. The summed E-state index contributed by atoms with van der Waals surface area (Å²) in [5.74, 6) is 0. The maximum atomic E-state index is 11.1. The normalized spacial score (nSPS) is 18.5. The Balaban J connectivity index is 1.83. The molecule has 92 valence electrons. The highest BCUT2D eigenvalue weighted by Gasteiger charge is 2.21. The fourth-order valence-electron chi connectivity index (χ4n) is 2.00. The molecule has 0 bridgehead atoms. The SMILES string of the molecule is Cc1csc(-c2ccc(C3CNC(=O)N3)cc2)n1. The predicted molar refractivity (Wildman–Crippen MR) is 71.6 cm³/mol. The van der Waals surface area contributed by atoms with E-state index in [1.165, 1.54) is 0 Å². The predicted octanol–water partition coefficient (Wildman–Crippen LogP) is 2.47. The van der Waals surface area contributed by atoms with Gasteiger partial charge in [0.2, 0.25) is 0 Å². The first-order valence-corrected chi connectivity index (χ1v) is 6.67. The van der Waals surface area contributed by atoms with Crippen molar-refractivity contribution in [1.82, 2.24) is 15.6 Å². The van der Waals surface area contributed by atoms with Crippen LogP contribution in [0.5, 0.6) is 0 Å². The van der Waals surface area contributed by atoms with E-state index in [0.717, 1.165) is 21.8 Å². The van der Waals surface area contributed by atoms with Crippen molar-refractivity contribution in [3.05, 3.63) is 40.9 Å². The highest BCUT2D eigenvalue weighted by atomic mass is 32.1. The molecule has 1 aromatic carbocycles. The van der Waals surface area contributed by atoms with Crippen LogP contribution in [0.2, 0.25) is 0 Å². The molecule has 2 amide bonds. The monoisotopic (exact) mass is 259 g/mol. The Kier molecular flexibility index (Phi) is 2.76. The summed E-state index contributed by atoms with van der Waals surface area (Å²) in [6.45, 7) is 2.64. The number of amides is 2. The fraction of sp³-hybridized carbons (Fsp3) is 0.231. The molecule has 2 N–H and O–H groups in total. The molecule has 1 saturated heterocycles. The summed E-state index contributed by atoms with van der Waals surface area (Å²) in [5.41, 5.74) is 3.28. The maximum absolute atomic E-state index is 11.1. The summed E-state index contributed by atoms with van der Waals surface area (Å²) >= 11 is 1.65. The van der Waals surface area contributed by atoms with E-state index >= 15 is 0 Å². The van der Waals surface area contributed by atoms with Gasteiger partial charge in [0, 0.05) is 23.2 Å². The molecule has 0 aliphatic carbocycles. The topological polar surface area (TPSA) is 54.0 Å². The molecule has 0 radical (unpaired) electrons. The molecular formula is C13H13N3OS. The molecule has 18 heavy (non-hydrogen) atoms. The molecule has 1 aliphatic heterocycles. The van der Waals surface area contributed by atoms with Crippen molar-refractivity contribution in [1.29, 1.82) is 0 Å². The molecule has 0 spiro atoms. The highest BCUT2D eigenvalue weighted by Crippen LogP contribution is 2.25. The summed E-state index contributed by atoms with van der Waals surface area (Å²) in [7, 11) is 0. The van der Waals surface area contributed by atoms with Gasteiger partial charge in [-0.2, -0.15) is 0 Å². The number of carbonyl (C=O) groups excluding carboxylic acids is 1. The molecule has 1 fully saturated rings. The second kappa shape index (κ2) is 4.42. The number of aromatic nitrogens is 1. The molecule has 2 heterocycles. The van der Waals surface area contributed by atoms with Crippen molar-refractivity contribution in [3.63, 3.8) is 0 Å². The zero-order valence-corrected chi connectivity index (χ0v) is 10.8. The minimum atomic E-state index is -0.0976. The zero-order valence-electron chi connectivity index (χ0n) is 9.93. The van der Waals surface area contributed by atoms with Crippen molar-refractivity contribution < 1.29 is 4.79 Å². The molecule has 2 aromatic rings. The van der Waals surface area contributed by atoms with Crippen molar-refractivity contribution in [3.8, 4) is 10.6 Å². The second-order valence-corrected chi connectivity index (χ2v) is 5.18. The van der Waals surface area contributed by atoms with Gasteiger partial charge in [-0.3, -0.25) is 0 Å². The van der Waals surface area contributed by atoms with Gasteiger partial charge in [0.05, 0.1) is 6.04 Å². The van der Waals surface area contributed by atoms with Crippen LogP contribution < -0.4 is 10.6 Å². The Bertz CT molecular complexity index is 576. The zero-order chi connectivity index (χ0) is 12.5. The van der Waals surface area contributed by atoms with Crippen molar-refractivity contribution in [2.75, 3.05) is 6.54 Å². The lowest BCUT2D eigenvalue weighted by molar-refractivity contribution is 0.247. The highest BCUT2D eigenvalue weighted by molar-refractivity contribution is 7.13. The molecule has 4 nitrogen and oxygen atoms in total. The smallest absolute Gasteiger partial charge is 0.315 e. The molecule has 0 saturated carbocycles. The number of nitrogens with one attached hydrogen (secondary N) is 2. The Morgan fingerprint density at radius 1 is 1.33 bits per heavy atom. The summed E-state index contributed by atoms with van der Waals surface area (Å²) in [4.78, 5) is 15.5. The van der Waals surface area contributed by atoms with Crippen molar-refractivity contribution >= 4 is 17.4 Å². The number of aryl methyl sites for hydroxylation is 1. The summed E-state index contributed by atoms with van der Waals surface area (Å²) in [6.07, 6.45) is 0. The first-order valence-electron chi connectivity index (χ1n) is 5.79. The number of thiazole rings is 1. The van der Waals surface area contributed by atoms with Crippen LogP contribution in [0.1, 0.15) is 17.3 Å². The fourth-order valence-corrected chi connectivity index (χ4v) is 2.80. The minimum Gasteiger partial charge on any atom is -0.336 e. The van der Waals surface area contributed by atoms with Gasteiger partial charge in [-0.05, 0) is 12.5 Å². The standard InChI is InChI=1S/C13H13N3OS/c1-8-7-18-12(15-8)10-4-2-9(3-5-10)11-6-14-13(17)16-11/h2-5,7,11H,6H2,1H3,(H2,14,16,17). The van der Waals surface area contributed by atoms with E-state index < -0.39 is 0 Å². The van der Waals surface area contributed by atoms with Crippen LogP contribution in [0.25, 0.3) is 10.6 Å². The van der Waals surface area contributed by atoms with E-state index in [4.69, 9.17) is 0 Å². The Labute approximate surface area is 109 Å². The molecule has 5 heteroatoms. The number of hydrogen-bond donors (Lipinski definition) is 2. The summed E-state index contributed by atoms with van der Waals surface area (Å²) in [5, 5.41) is 8.71.